The van der Waals surface area contributed by atoms with Gasteiger partial charge in [-0.25, -0.2) is 0 Å². The molecule has 1 atom stereocenters. The molecule has 5 nitrogen and oxygen atoms in total. The van der Waals surface area contributed by atoms with Gasteiger partial charge in [0.25, 0.3) is 10.2 Å². The maximum atomic E-state index is 12.6. The molecule has 1 N–H and O–H groups in total. The van der Waals surface area contributed by atoms with E-state index in [4.69, 9.17) is 0 Å². The molecule has 0 aliphatic carbocycles. The summed E-state index contributed by atoms with van der Waals surface area (Å²) in [6.07, 6.45) is 3.73. The Morgan fingerprint density at radius 1 is 1.28 bits per heavy atom. The first kappa shape index (κ1) is 15.9. The topological polar surface area (TPSA) is 52.7 Å². The number of rotatable bonds is 7. The van der Waals surface area contributed by atoms with Crippen LogP contribution < -0.4 is 5.32 Å². The molecule has 1 fully saturated rings. The molecular weight excluding hydrogens is 250 g/mol. The summed E-state index contributed by atoms with van der Waals surface area (Å²) in [6, 6.07) is 0.290. The smallest absolute Gasteiger partial charge is 0.282 e. The molecule has 108 valence electrons. The standard InChI is InChI=1S/C12H27N3O2S/c1-4-8-14(9-5-2)18(16,17)15-10-6-7-12(11-15)13-3/h12-13H,4-11H2,1-3H3. The Labute approximate surface area is 112 Å². The lowest BCUT2D eigenvalue weighted by Crippen LogP contribution is -2.52. The van der Waals surface area contributed by atoms with Gasteiger partial charge in [-0.05, 0) is 32.7 Å². The van der Waals surface area contributed by atoms with Crippen molar-refractivity contribution in [2.45, 2.75) is 45.6 Å². The van der Waals surface area contributed by atoms with Crippen LogP contribution in [0.25, 0.3) is 0 Å². The number of piperidine rings is 1. The van der Waals surface area contributed by atoms with Crippen molar-refractivity contribution in [3.05, 3.63) is 0 Å². The van der Waals surface area contributed by atoms with Gasteiger partial charge in [-0.2, -0.15) is 17.0 Å². The minimum absolute atomic E-state index is 0.290. The van der Waals surface area contributed by atoms with E-state index >= 15 is 0 Å². The predicted octanol–water partition coefficient (Wildman–Crippen LogP) is 1.04. The van der Waals surface area contributed by atoms with Gasteiger partial charge < -0.3 is 5.32 Å². The highest BCUT2D eigenvalue weighted by Gasteiger charge is 2.32. The van der Waals surface area contributed by atoms with Gasteiger partial charge in [0, 0.05) is 32.2 Å². The van der Waals surface area contributed by atoms with Crippen LogP contribution in [0, 0.1) is 0 Å². The normalized spacial score (nSPS) is 22.6. The van der Waals surface area contributed by atoms with Crippen molar-refractivity contribution >= 4 is 10.2 Å². The summed E-state index contributed by atoms with van der Waals surface area (Å²) in [4.78, 5) is 0. The zero-order valence-corrected chi connectivity index (χ0v) is 12.7. The summed E-state index contributed by atoms with van der Waals surface area (Å²) in [6.45, 7) is 6.54. The molecule has 0 spiro atoms. The molecule has 1 heterocycles. The highest BCUT2D eigenvalue weighted by molar-refractivity contribution is 7.86. The molecule has 0 aromatic heterocycles. The number of likely N-dealkylation sites (N-methyl/N-ethyl adjacent to an activating group) is 1. The number of hydrogen-bond donors (Lipinski definition) is 1. The zero-order chi connectivity index (χ0) is 13.6. The van der Waals surface area contributed by atoms with Gasteiger partial charge in [0.2, 0.25) is 0 Å². The molecule has 0 aromatic rings. The second-order valence-electron chi connectivity index (χ2n) is 4.89. The molecule has 0 radical (unpaired) electrons. The number of nitrogens with zero attached hydrogens (tertiary/aromatic N) is 2. The Morgan fingerprint density at radius 3 is 2.39 bits per heavy atom. The maximum absolute atomic E-state index is 12.6. The fourth-order valence-electron chi connectivity index (χ4n) is 2.39. The van der Waals surface area contributed by atoms with Gasteiger partial charge in [0.15, 0.2) is 0 Å². The van der Waals surface area contributed by atoms with Crippen molar-refractivity contribution in [2.75, 3.05) is 33.2 Å². The highest BCUT2D eigenvalue weighted by atomic mass is 32.2. The van der Waals surface area contributed by atoms with Crippen LogP contribution in [0.3, 0.4) is 0 Å². The van der Waals surface area contributed by atoms with Crippen LogP contribution >= 0.6 is 0 Å². The average molecular weight is 277 g/mol. The fourth-order valence-corrected chi connectivity index (χ4v) is 4.27. The first-order valence-electron chi connectivity index (χ1n) is 6.98. The van der Waals surface area contributed by atoms with Gasteiger partial charge in [-0.1, -0.05) is 13.8 Å². The number of hydrogen-bond acceptors (Lipinski definition) is 3. The molecule has 1 aliphatic heterocycles. The van der Waals surface area contributed by atoms with E-state index < -0.39 is 10.2 Å². The van der Waals surface area contributed by atoms with Crippen LogP contribution in [-0.4, -0.2) is 56.3 Å². The van der Waals surface area contributed by atoms with Crippen LogP contribution in [0.1, 0.15) is 39.5 Å². The molecule has 1 unspecified atom stereocenters. The van der Waals surface area contributed by atoms with E-state index in [0.717, 1.165) is 25.7 Å². The van der Waals surface area contributed by atoms with Crippen molar-refractivity contribution in [1.82, 2.24) is 13.9 Å². The molecule has 1 rings (SSSR count). The van der Waals surface area contributed by atoms with Gasteiger partial charge >= 0.3 is 0 Å². The summed E-state index contributed by atoms with van der Waals surface area (Å²) in [5, 5.41) is 3.18. The second kappa shape index (κ2) is 7.43. The molecule has 18 heavy (non-hydrogen) atoms. The van der Waals surface area contributed by atoms with Gasteiger partial charge in [0.1, 0.15) is 0 Å². The Balaban J connectivity index is 2.75. The van der Waals surface area contributed by atoms with E-state index in [1.807, 2.05) is 20.9 Å². The zero-order valence-electron chi connectivity index (χ0n) is 11.9. The van der Waals surface area contributed by atoms with E-state index in [-0.39, 0.29) is 0 Å². The van der Waals surface area contributed by atoms with Crippen molar-refractivity contribution in [3.8, 4) is 0 Å². The molecule has 0 bridgehead atoms. The van der Waals surface area contributed by atoms with E-state index in [9.17, 15) is 8.42 Å². The Bertz CT molecular complexity index is 326. The van der Waals surface area contributed by atoms with Crippen LogP contribution in [0.4, 0.5) is 0 Å². The SMILES string of the molecule is CCCN(CCC)S(=O)(=O)N1CCCC(NC)C1. The van der Waals surface area contributed by atoms with Crippen LogP contribution in [0.5, 0.6) is 0 Å². The second-order valence-corrected chi connectivity index (χ2v) is 6.82. The highest BCUT2D eigenvalue weighted by Crippen LogP contribution is 2.17. The first-order chi connectivity index (χ1) is 8.56. The van der Waals surface area contributed by atoms with Gasteiger partial charge in [-0.15, -0.1) is 0 Å². The largest absolute Gasteiger partial charge is 0.316 e. The average Bonchev–Trinajstić information content (AvgIpc) is 2.38. The minimum Gasteiger partial charge on any atom is -0.316 e. The predicted molar refractivity (Wildman–Crippen MR) is 74.7 cm³/mol. The molecular formula is C12H27N3O2S. The fraction of sp³-hybridized carbons (Fsp3) is 1.00. The van der Waals surface area contributed by atoms with Crippen molar-refractivity contribution in [2.24, 2.45) is 0 Å². The third kappa shape index (κ3) is 3.91. The Kier molecular flexibility index (Phi) is 6.55. The van der Waals surface area contributed by atoms with E-state index in [1.165, 1.54) is 0 Å². The van der Waals surface area contributed by atoms with Crippen LogP contribution in [-0.2, 0) is 10.2 Å². The lowest BCUT2D eigenvalue weighted by atomic mass is 10.1. The molecule has 1 saturated heterocycles. The summed E-state index contributed by atoms with van der Waals surface area (Å²) in [5.41, 5.74) is 0. The maximum Gasteiger partial charge on any atom is 0.282 e. The molecule has 0 saturated carbocycles. The Morgan fingerprint density at radius 2 is 1.89 bits per heavy atom. The summed E-state index contributed by atoms with van der Waals surface area (Å²) < 4.78 is 28.4. The van der Waals surface area contributed by atoms with Gasteiger partial charge in [0.05, 0.1) is 0 Å². The molecule has 0 aromatic carbocycles. The Hall–Kier alpha value is -0.170. The lowest BCUT2D eigenvalue weighted by molar-refractivity contribution is 0.267. The molecule has 1 aliphatic rings. The van der Waals surface area contributed by atoms with Crippen LogP contribution in [0.2, 0.25) is 0 Å². The van der Waals surface area contributed by atoms with E-state index in [0.29, 0.717) is 32.2 Å². The van der Waals surface area contributed by atoms with E-state index in [2.05, 4.69) is 5.32 Å². The summed E-state index contributed by atoms with van der Waals surface area (Å²) in [5.74, 6) is 0. The minimum atomic E-state index is -3.26. The lowest BCUT2D eigenvalue weighted by Gasteiger charge is -2.35. The van der Waals surface area contributed by atoms with Crippen molar-refractivity contribution < 1.29 is 8.42 Å². The molecule has 6 heteroatoms. The summed E-state index contributed by atoms with van der Waals surface area (Å²) >= 11 is 0. The molecule has 0 amide bonds. The monoisotopic (exact) mass is 277 g/mol. The third-order valence-corrected chi connectivity index (χ3v) is 5.39. The van der Waals surface area contributed by atoms with E-state index in [1.54, 1.807) is 8.61 Å². The van der Waals surface area contributed by atoms with Crippen molar-refractivity contribution in [3.63, 3.8) is 0 Å². The van der Waals surface area contributed by atoms with Gasteiger partial charge in [-0.3, -0.25) is 0 Å². The summed E-state index contributed by atoms with van der Waals surface area (Å²) in [7, 11) is -1.37. The first-order valence-corrected chi connectivity index (χ1v) is 8.38. The quantitative estimate of drug-likeness (QED) is 0.756. The van der Waals surface area contributed by atoms with Crippen LogP contribution in [0.15, 0.2) is 0 Å². The number of nitrogens with one attached hydrogen (secondary N) is 1. The third-order valence-electron chi connectivity index (χ3n) is 3.39. The van der Waals surface area contributed by atoms with Crippen molar-refractivity contribution in [1.29, 1.82) is 0 Å².